The molecule has 1 saturated heterocycles. The Kier molecular flexibility index (Phi) is 6.63. The Bertz CT molecular complexity index is 672. The predicted molar refractivity (Wildman–Crippen MR) is 103 cm³/mol. The average Bonchev–Trinajstić information content (AvgIpc) is 2.70. The summed E-state index contributed by atoms with van der Waals surface area (Å²) >= 11 is 0. The number of amides is 2. The third kappa shape index (κ3) is 5.07. The maximum absolute atomic E-state index is 12.4. The van der Waals surface area contributed by atoms with Crippen LogP contribution in [0.5, 0.6) is 0 Å². The van der Waals surface area contributed by atoms with E-state index in [-0.39, 0.29) is 18.1 Å². The number of carbonyl (C=O) groups is 1. The van der Waals surface area contributed by atoms with Crippen LogP contribution in [-0.4, -0.2) is 43.8 Å². The van der Waals surface area contributed by atoms with Gasteiger partial charge in [0.1, 0.15) is 0 Å². The van der Waals surface area contributed by atoms with Crippen molar-refractivity contribution >= 4 is 6.03 Å². The maximum atomic E-state index is 12.4. The van der Waals surface area contributed by atoms with Crippen molar-refractivity contribution in [3.8, 4) is 0 Å². The topological polar surface area (TPSA) is 53.6 Å². The molecule has 1 fully saturated rings. The van der Waals surface area contributed by atoms with E-state index in [0.717, 1.165) is 31.9 Å². The molecule has 0 aliphatic carbocycles. The molecular weight excluding hydrogens is 326 g/mol. The standard InChI is InChI=1S/C21H27N3O2/c1-17(18-8-4-2-5-9-18)23-21(25)22-16-20(19-10-6-3-7-11-19)24-12-14-26-15-13-24/h2-11,17,20H,12-16H2,1H3,(H2,22,23,25)/t17-,20-/m1/s1. The number of ether oxygens (including phenoxy) is 1. The van der Waals surface area contributed by atoms with Crippen molar-refractivity contribution in [1.29, 1.82) is 0 Å². The van der Waals surface area contributed by atoms with Gasteiger partial charge in [-0.15, -0.1) is 0 Å². The summed E-state index contributed by atoms with van der Waals surface area (Å²) in [5.74, 6) is 0. The van der Waals surface area contributed by atoms with Crippen LogP contribution in [0, 0.1) is 0 Å². The predicted octanol–water partition coefficient (Wildman–Crippen LogP) is 3.12. The van der Waals surface area contributed by atoms with E-state index in [0.29, 0.717) is 6.54 Å². The van der Waals surface area contributed by atoms with Crippen LogP contribution in [0.4, 0.5) is 4.79 Å². The van der Waals surface area contributed by atoms with Crippen LogP contribution >= 0.6 is 0 Å². The zero-order chi connectivity index (χ0) is 18.2. The summed E-state index contributed by atoms with van der Waals surface area (Å²) in [6.45, 7) is 5.79. The van der Waals surface area contributed by atoms with Gasteiger partial charge in [-0.1, -0.05) is 60.7 Å². The van der Waals surface area contributed by atoms with Crippen LogP contribution < -0.4 is 10.6 Å². The van der Waals surface area contributed by atoms with E-state index in [2.05, 4.69) is 27.7 Å². The molecule has 1 aliphatic rings. The molecule has 2 amide bonds. The minimum atomic E-state index is -0.143. The maximum Gasteiger partial charge on any atom is 0.315 e. The molecule has 2 atom stereocenters. The highest BCUT2D eigenvalue weighted by Crippen LogP contribution is 2.21. The number of benzene rings is 2. The SMILES string of the molecule is C[C@@H](NC(=O)NC[C@H](c1ccccc1)N1CCOCC1)c1ccccc1. The Balaban J connectivity index is 1.59. The van der Waals surface area contributed by atoms with Crippen LogP contribution in [0.15, 0.2) is 60.7 Å². The Morgan fingerprint density at radius 2 is 1.58 bits per heavy atom. The van der Waals surface area contributed by atoms with Gasteiger partial charge in [-0.05, 0) is 18.1 Å². The molecular formula is C21H27N3O2. The summed E-state index contributed by atoms with van der Waals surface area (Å²) in [6, 6.07) is 20.3. The zero-order valence-corrected chi connectivity index (χ0v) is 15.2. The van der Waals surface area contributed by atoms with E-state index in [4.69, 9.17) is 4.74 Å². The molecule has 0 unspecified atom stereocenters. The van der Waals surface area contributed by atoms with E-state index >= 15 is 0 Å². The molecule has 1 heterocycles. The van der Waals surface area contributed by atoms with Crippen LogP contribution in [-0.2, 0) is 4.74 Å². The number of carbonyl (C=O) groups excluding carboxylic acids is 1. The molecule has 0 bridgehead atoms. The first kappa shape index (κ1) is 18.4. The highest BCUT2D eigenvalue weighted by Gasteiger charge is 2.23. The second-order valence-corrected chi connectivity index (χ2v) is 6.56. The quantitative estimate of drug-likeness (QED) is 0.839. The van der Waals surface area contributed by atoms with Crippen LogP contribution in [0.3, 0.4) is 0 Å². The normalized spacial score (nSPS) is 17.3. The second kappa shape index (κ2) is 9.36. The largest absolute Gasteiger partial charge is 0.379 e. The van der Waals surface area contributed by atoms with Crippen molar-refractivity contribution in [1.82, 2.24) is 15.5 Å². The lowest BCUT2D eigenvalue weighted by Crippen LogP contribution is -2.46. The number of urea groups is 1. The molecule has 2 aromatic carbocycles. The van der Waals surface area contributed by atoms with Gasteiger partial charge in [0, 0.05) is 19.6 Å². The lowest BCUT2D eigenvalue weighted by Gasteiger charge is -2.35. The molecule has 5 heteroatoms. The van der Waals surface area contributed by atoms with E-state index in [1.54, 1.807) is 0 Å². The third-order valence-corrected chi connectivity index (χ3v) is 4.77. The van der Waals surface area contributed by atoms with Gasteiger partial charge in [0.2, 0.25) is 0 Å². The van der Waals surface area contributed by atoms with Crippen molar-refractivity contribution in [3.63, 3.8) is 0 Å². The molecule has 0 spiro atoms. The fourth-order valence-electron chi connectivity index (χ4n) is 3.28. The first-order valence-corrected chi connectivity index (χ1v) is 9.20. The minimum absolute atomic E-state index is 0.0326. The van der Waals surface area contributed by atoms with Crippen molar-refractivity contribution in [2.45, 2.75) is 19.0 Å². The van der Waals surface area contributed by atoms with Gasteiger partial charge >= 0.3 is 6.03 Å². The van der Waals surface area contributed by atoms with Crippen molar-refractivity contribution in [2.24, 2.45) is 0 Å². The van der Waals surface area contributed by atoms with Gasteiger partial charge in [0.05, 0.1) is 25.3 Å². The number of hydrogen-bond donors (Lipinski definition) is 2. The number of hydrogen-bond acceptors (Lipinski definition) is 3. The van der Waals surface area contributed by atoms with Gasteiger partial charge in [-0.2, -0.15) is 0 Å². The molecule has 26 heavy (non-hydrogen) atoms. The Morgan fingerprint density at radius 1 is 1.00 bits per heavy atom. The minimum Gasteiger partial charge on any atom is -0.379 e. The molecule has 0 radical (unpaired) electrons. The van der Waals surface area contributed by atoms with Gasteiger partial charge in [-0.25, -0.2) is 4.79 Å². The lowest BCUT2D eigenvalue weighted by molar-refractivity contribution is 0.0167. The smallest absolute Gasteiger partial charge is 0.315 e. The summed E-state index contributed by atoms with van der Waals surface area (Å²) in [6.07, 6.45) is 0. The lowest BCUT2D eigenvalue weighted by atomic mass is 10.0. The molecule has 3 rings (SSSR count). The first-order valence-electron chi connectivity index (χ1n) is 9.20. The van der Waals surface area contributed by atoms with Crippen molar-refractivity contribution < 1.29 is 9.53 Å². The molecule has 2 aromatic rings. The number of nitrogens with one attached hydrogen (secondary N) is 2. The van der Waals surface area contributed by atoms with Gasteiger partial charge in [0.15, 0.2) is 0 Å². The zero-order valence-electron chi connectivity index (χ0n) is 15.2. The summed E-state index contributed by atoms with van der Waals surface area (Å²) in [5, 5.41) is 6.06. The highest BCUT2D eigenvalue weighted by molar-refractivity contribution is 5.74. The van der Waals surface area contributed by atoms with Crippen molar-refractivity contribution in [2.75, 3.05) is 32.8 Å². The van der Waals surface area contributed by atoms with Gasteiger partial charge in [0.25, 0.3) is 0 Å². The molecule has 0 saturated carbocycles. The van der Waals surface area contributed by atoms with E-state index < -0.39 is 0 Å². The second-order valence-electron chi connectivity index (χ2n) is 6.56. The summed E-state index contributed by atoms with van der Waals surface area (Å²) < 4.78 is 5.47. The molecule has 5 nitrogen and oxygen atoms in total. The van der Waals surface area contributed by atoms with Crippen LogP contribution in [0.1, 0.15) is 30.1 Å². The monoisotopic (exact) mass is 353 g/mol. The van der Waals surface area contributed by atoms with Crippen LogP contribution in [0.25, 0.3) is 0 Å². The van der Waals surface area contributed by atoms with E-state index in [9.17, 15) is 4.79 Å². The summed E-state index contributed by atoms with van der Waals surface area (Å²) in [4.78, 5) is 14.8. The number of morpholine rings is 1. The molecule has 0 aromatic heterocycles. The third-order valence-electron chi connectivity index (χ3n) is 4.77. The van der Waals surface area contributed by atoms with Gasteiger partial charge in [-0.3, -0.25) is 4.90 Å². The average molecular weight is 353 g/mol. The van der Waals surface area contributed by atoms with E-state index in [1.807, 2.05) is 55.5 Å². The van der Waals surface area contributed by atoms with Crippen LogP contribution in [0.2, 0.25) is 0 Å². The first-order chi connectivity index (χ1) is 12.7. The molecule has 138 valence electrons. The fraction of sp³-hybridized carbons (Fsp3) is 0.381. The molecule has 1 aliphatic heterocycles. The number of rotatable bonds is 6. The Morgan fingerprint density at radius 3 is 2.19 bits per heavy atom. The fourth-order valence-corrected chi connectivity index (χ4v) is 3.28. The highest BCUT2D eigenvalue weighted by atomic mass is 16.5. The van der Waals surface area contributed by atoms with E-state index in [1.165, 1.54) is 5.56 Å². The summed E-state index contributed by atoms with van der Waals surface area (Å²) in [7, 11) is 0. The number of nitrogens with zero attached hydrogens (tertiary/aromatic N) is 1. The Labute approximate surface area is 155 Å². The Hall–Kier alpha value is -2.37. The van der Waals surface area contributed by atoms with Crippen molar-refractivity contribution in [3.05, 3.63) is 71.8 Å². The summed E-state index contributed by atoms with van der Waals surface area (Å²) in [5.41, 5.74) is 2.31. The molecule has 2 N–H and O–H groups in total. The van der Waals surface area contributed by atoms with Gasteiger partial charge < -0.3 is 15.4 Å².